The number of nitrogens with zero attached hydrogens (tertiary/aromatic N) is 1. The fraction of sp³-hybridized carbons (Fsp3) is 0.231. The van der Waals surface area contributed by atoms with Crippen LogP contribution in [0.1, 0.15) is 24.2 Å². The zero-order valence-electron chi connectivity index (χ0n) is 10.7. The highest BCUT2D eigenvalue weighted by atomic mass is 35.5. The fourth-order valence-electron chi connectivity index (χ4n) is 1.91. The van der Waals surface area contributed by atoms with Crippen LogP contribution in [0.4, 0.5) is 13.2 Å². The Hall–Kier alpha value is -2.02. The fourth-order valence-corrected chi connectivity index (χ4v) is 2.04. The molecule has 0 fully saturated rings. The van der Waals surface area contributed by atoms with Crippen LogP contribution >= 0.6 is 11.6 Å². The van der Waals surface area contributed by atoms with E-state index in [0.717, 1.165) is 4.57 Å². The maximum Gasteiger partial charge on any atom is 0.431 e. The normalized spacial score (nSPS) is 13.2. The summed E-state index contributed by atoms with van der Waals surface area (Å²) in [7, 11) is 0. The third kappa shape index (κ3) is 3.18. The van der Waals surface area contributed by atoms with Gasteiger partial charge in [-0.2, -0.15) is 13.2 Å². The molecular weight excluding hydrogens is 309 g/mol. The molecule has 1 unspecified atom stereocenters. The van der Waals surface area contributed by atoms with Gasteiger partial charge in [0.1, 0.15) is 5.69 Å². The van der Waals surface area contributed by atoms with Crippen LogP contribution in [0, 0.1) is 0 Å². The third-order valence-corrected chi connectivity index (χ3v) is 3.26. The number of hydrogen-bond acceptors (Lipinski definition) is 2. The Morgan fingerprint density at radius 3 is 2.24 bits per heavy atom. The zero-order valence-corrected chi connectivity index (χ0v) is 11.5. The van der Waals surface area contributed by atoms with Gasteiger partial charge in [0.2, 0.25) is 0 Å². The van der Waals surface area contributed by atoms with Crippen molar-refractivity contribution < 1.29 is 13.2 Å². The molecule has 0 radical (unpaired) electrons. The third-order valence-electron chi connectivity index (χ3n) is 3.01. The first-order chi connectivity index (χ1) is 9.70. The van der Waals surface area contributed by atoms with Crippen LogP contribution in [0.2, 0.25) is 5.02 Å². The number of rotatable bonds is 2. The molecule has 8 heteroatoms. The van der Waals surface area contributed by atoms with Crippen LogP contribution < -0.4 is 11.2 Å². The number of benzene rings is 1. The Labute approximate surface area is 121 Å². The van der Waals surface area contributed by atoms with Crippen molar-refractivity contribution in [2.24, 2.45) is 0 Å². The summed E-state index contributed by atoms with van der Waals surface area (Å²) < 4.78 is 38.3. The molecule has 0 aliphatic heterocycles. The van der Waals surface area contributed by atoms with Crippen molar-refractivity contribution in [2.45, 2.75) is 19.1 Å². The van der Waals surface area contributed by atoms with Crippen LogP contribution in [0.25, 0.3) is 0 Å². The van der Waals surface area contributed by atoms with Crippen molar-refractivity contribution in [1.29, 1.82) is 0 Å². The molecule has 112 valence electrons. The summed E-state index contributed by atoms with van der Waals surface area (Å²) in [6.45, 7) is 1.53. The van der Waals surface area contributed by atoms with E-state index in [1.807, 2.05) is 0 Å². The van der Waals surface area contributed by atoms with Gasteiger partial charge >= 0.3 is 11.9 Å². The van der Waals surface area contributed by atoms with Gasteiger partial charge in [-0.25, -0.2) is 4.79 Å². The molecule has 21 heavy (non-hydrogen) atoms. The van der Waals surface area contributed by atoms with Crippen molar-refractivity contribution >= 4 is 11.6 Å². The molecule has 1 aromatic heterocycles. The molecule has 0 amide bonds. The predicted octanol–water partition coefficient (Wildman–Crippen LogP) is 2.82. The van der Waals surface area contributed by atoms with Crippen LogP contribution in [-0.2, 0) is 6.18 Å². The molecule has 1 N–H and O–H groups in total. The first kappa shape index (κ1) is 15.4. The van der Waals surface area contributed by atoms with Gasteiger partial charge < -0.3 is 4.98 Å². The Morgan fingerprint density at radius 1 is 1.19 bits per heavy atom. The highest BCUT2D eigenvalue weighted by Crippen LogP contribution is 2.26. The highest BCUT2D eigenvalue weighted by molar-refractivity contribution is 6.30. The summed E-state index contributed by atoms with van der Waals surface area (Å²) in [5.41, 5.74) is -2.92. The largest absolute Gasteiger partial charge is 0.431 e. The number of H-pyrrole nitrogens is 1. The van der Waals surface area contributed by atoms with Crippen LogP contribution in [0.5, 0.6) is 0 Å². The summed E-state index contributed by atoms with van der Waals surface area (Å²) >= 11 is 5.73. The van der Waals surface area contributed by atoms with E-state index in [1.165, 1.54) is 6.92 Å². The first-order valence-corrected chi connectivity index (χ1v) is 6.26. The second-order valence-electron chi connectivity index (χ2n) is 4.42. The molecule has 0 aliphatic rings. The molecule has 0 saturated heterocycles. The monoisotopic (exact) mass is 318 g/mol. The quantitative estimate of drug-likeness (QED) is 0.925. The minimum atomic E-state index is -4.78. The summed E-state index contributed by atoms with van der Waals surface area (Å²) in [5, 5.41) is 0.472. The van der Waals surface area contributed by atoms with Crippen molar-refractivity contribution in [1.82, 2.24) is 9.55 Å². The summed E-state index contributed by atoms with van der Waals surface area (Å²) in [5.74, 6) is 0. The molecule has 1 heterocycles. The molecule has 1 atom stereocenters. The Morgan fingerprint density at radius 2 is 1.76 bits per heavy atom. The predicted molar refractivity (Wildman–Crippen MR) is 71.6 cm³/mol. The minimum Gasteiger partial charge on any atom is -0.303 e. The Balaban J connectivity index is 2.52. The lowest BCUT2D eigenvalue weighted by molar-refractivity contribution is -0.141. The number of hydrogen-bond donors (Lipinski definition) is 1. The van der Waals surface area contributed by atoms with E-state index in [1.54, 1.807) is 29.2 Å². The van der Waals surface area contributed by atoms with E-state index in [4.69, 9.17) is 11.6 Å². The lowest BCUT2D eigenvalue weighted by Gasteiger charge is -2.15. The average Bonchev–Trinajstić information content (AvgIpc) is 2.37. The molecule has 0 aliphatic carbocycles. The average molecular weight is 319 g/mol. The number of nitrogens with one attached hydrogen (secondary N) is 1. The van der Waals surface area contributed by atoms with E-state index in [9.17, 15) is 22.8 Å². The topological polar surface area (TPSA) is 54.9 Å². The van der Waals surface area contributed by atoms with Crippen LogP contribution in [0.3, 0.4) is 0 Å². The van der Waals surface area contributed by atoms with Crippen LogP contribution in [0.15, 0.2) is 39.9 Å². The molecule has 0 saturated carbocycles. The van der Waals surface area contributed by atoms with Crippen molar-refractivity contribution in [3.8, 4) is 0 Å². The molecular formula is C13H10ClF3N2O2. The van der Waals surface area contributed by atoms with Gasteiger partial charge in [-0.3, -0.25) is 9.36 Å². The molecule has 1 aromatic carbocycles. The van der Waals surface area contributed by atoms with Crippen molar-refractivity contribution in [3.05, 3.63) is 67.4 Å². The highest BCUT2D eigenvalue weighted by Gasteiger charge is 2.33. The smallest absolute Gasteiger partial charge is 0.303 e. The number of aromatic nitrogens is 2. The number of halogens is 4. The molecule has 2 aromatic rings. The Bertz CT molecular complexity index is 731. The number of alkyl halides is 3. The standard InChI is InChI=1S/C13H10ClF3N2O2/c1-7(8-2-4-9(14)5-3-8)19-11(20)6-10(13(15,16)17)18-12(19)21/h2-7H,1H3,(H,18,21). The van der Waals surface area contributed by atoms with E-state index < -0.39 is 29.2 Å². The summed E-state index contributed by atoms with van der Waals surface area (Å²) in [6, 6.07) is 5.97. The summed E-state index contributed by atoms with van der Waals surface area (Å²) in [6.07, 6.45) is -4.78. The minimum absolute atomic E-state index is 0.369. The lowest BCUT2D eigenvalue weighted by atomic mass is 10.1. The van der Waals surface area contributed by atoms with Gasteiger partial charge in [0, 0.05) is 11.1 Å². The summed E-state index contributed by atoms with van der Waals surface area (Å²) in [4.78, 5) is 25.3. The SMILES string of the molecule is CC(c1ccc(Cl)cc1)n1c(=O)cc(C(F)(F)F)[nH]c1=O. The number of aromatic amines is 1. The van der Waals surface area contributed by atoms with Crippen LogP contribution in [-0.4, -0.2) is 9.55 Å². The van der Waals surface area contributed by atoms with Crippen molar-refractivity contribution in [2.75, 3.05) is 0 Å². The lowest BCUT2D eigenvalue weighted by Crippen LogP contribution is -2.39. The van der Waals surface area contributed by atoms with Gasteiger partial charge in [-0.05, 0) is 24.6 Å². The molecule has 4 nitrogen and oxygen atoms in total. The van der Waals surface area contributed by atoms with Gasteiger partial charge in [0.25, 0.3) is 5.56 Å². The van der Waals surface area contributed by atoms with E-state index in [-0.39, 0.29) is 0 Å². The van der Waals surface area contributed by atoms with E-state index in [2.05, 4.69) is 0 Å². The van der Waals surface area contributed by atoms with Gasteiger partial charge in [0.15, 0.2) is 0 Å². The van der Waals surface area contributed by atoms with Gasteiger partial charge in [-0.15, -0.1) is 0 Å². The molecule has 0 spiro atoms. The molecule has 0 bridgehead atoms. The Kier molecular flexibility index (Phi) is 3.95. The first-order valence-electron chi connectivity index (χ1n) is 5.88. The second-order valence-corrected chi connectivity index (χ2v) is 4.86. The van der Waals surface area contributed by atoms with Gasteiger partial charge in [0.05, 0.1) is 6.04 Å². The van der Waals surface area contributed by atoms with E-state index >= 15 is 0 Å². The molecule has 2 rings (SSSR count). The zero-order chi connectivity index (χ0) is 15.8. The van der Waals surface area contributed by atoms with Gasteiger partial charge in [-0.1, -0.05) is 23.7 Å². The van der Waals surface area contributed by atoms with Crippen molar-refractivity contribution in [3.63, 3.8) is 0 Å². The van der Waals surface area contributed by atoms with E-state index in [0.29, 0.717) is 16.7 Å². The maximum absolute atomic E-state index is 12.5. The maximum atomic E-state index is 12.5. The second kappa shape index (κ2) is 5.40.